The van der Waals surface area contributed by atoms with E-state index in [1.165, 1.54) is 23.2 Å². The molecule has 1 amide bonds. The van der Waals surface area contributed by atoms with Gasteiger partial charge in [-0.1, -0.05) is 12.1 Å². The number of para-hydroxylation sites is 1. The van der Waals surface area contributed by atoms with Crippen LogP contribution in [0.3, 0.4) is 0 Å². The van der Waals surface area contributed by atoms with Gasteiger partial charge in [-0.15, -0.1) is 0 Å². The molecule has 0 saturated carbocycles. The van der Waals surface area contributed by atoms with Gasteiger partial charge in [0.2, 0.25) is 5.91 Å². The molecule has 2 aliphatic heterocycles. The van der Waals surface area contributed by atoms with Crippen LogP contribution in [0.15, 0.2) is 30.5 Å². The number of alkyl halides is 3. The van der Waals surface area contributed by atoms with Gasteiger partial charge in [-0.25, -0.2) is 4.98 Å². The van der Waals surface area contributed by atoms with Gasteiger partial charge in [0.05, 0.1) is 36.3 Å². The first-order chi connectivity index (χ1) is 15.8. The molecule has 33 heavy (non-hydrogen) atoms. The van der Waals surface area contributed by atoms with E-state index in [0.717, 1.165) is 6.07 Å². The Kier molecular flexibility index (Phi) is 5.16. The van der Waals surface area contributed by atoms with E-state index in [-0.39, 0.29) is 50.4 Å². The van der Waals surface area contributed by atoms with Crippen molar-refractivity contribution in [2.45, 2.75) is 25.2 Å². The predicted octanol–water partition coefficient (Wildman–Crippen LogP) is 2.52. The Balaban J connectivity index is 1.56. The van der Waals surface area contributed by atoms with Crippen LogP contribution in [0.1, 0.15) is 17.5 Å². The molecule has 3 aromatic rings. The quantitative estimate of drug-likeness (QED) is 0.569. The number of carbonyl (C=O) groups excluding carboxylic acids is 1. The van der Waals surface area contributed by atoms with Crippen LogP contribution in [-0.4, -0.2) is 51.8 Å². The Morgan fingerprint density at radius 2 is 2.00 bits per heavy atom. The van der Waals surface area contributed by atoms with Gasteiger partial charge >= 0.3 is 12.2 Å². The van der Waals surface area contributed by atoms with Crippen LogP contribution >= 0.6 is 0 Å². The van der Waals surface area contributed by atoms with E-state index in [0.29, 0.717) is 28.1 Å². The number of hydrogen-bond donors (Lipinski definition) is 2. The van der Waals surface area contributed by atoms with Gasteiger partial charge in [0.1, 0.15) is 30.6 Å². The zero-order valence-electron chi connectivity index (χ0n) is 17.1. The summed E-state index contributed by atoms with van der Waals surface area (Å²) in [5.41, 5.74) is -0.156. The van der Waals surface area contributed by atoms with E-state index in [2.05, 4.69) is 20.3 Å². The van der Waals surface area contributed by atoms with Crippen LogP contribution in [0.25, 0.3) is 10.9 Å². The van der Waals surface area contributed by atoms with Gasteiger partial charge in [-0.05, 0) is 12.1 Å². The number of aliphatic hydroxyl groups excluding tert-OH is 1. The molecule has 5 rings (SSSR count). The number of fused-ring (bicyclic) bond motifs is 5. The summed E-state index contributed by atoms with van der Waals surface area (Å²) in [6.07, 6.45) is -3.90. The molecule has 1 saturated heterocycles. The minimum atomic E-state index is -4.58. The van der Waals surface area contributed by atoms with Gasteiger partial charge in [0.25, 0.3) is 0 Å². The predicted molar refractivity (Wildman–Crippen MR) is 110 cm³/mol. The molecule has 1 fully saturated rings. The van der Waals surface area contributed by atoms with Gasteiger partial charge in [0.15, 0.2) is 0 Å². The first-order valence-electron chi connectivity index (χ1n) is 10.1. The maximum atomic E-state index is 13.5. The topological polar surface area (TPSA) is 110 Å². The number of hydrogen-bond acceptors (Lipinski definition) is 8. The lowest BCUT2D eigenvalue weighted by molar-refractivity contribution is -0.139. The number of aromatic nitrogens is 3. The van der Waals surface area contributed by atoms with Crippen molar-refractivity contribution in [3.63, 3.8) is 0 Å². The van der Waals surface area contributed by atoms with Gasteiger partial charge in [-0.2, -0.15) is 23.1 Å². The summed E-state index contributed by atoms with van der Waals surface area (Å²) in [4.78, 5) is 26.4. The van der Waals surface area contributed by atoms with Crippen molar-refractivity contribution in [2.24, 2.45) is 0 Å². The lowest BCUT2D eigenvalue weighted by atomic mass is 10.1. The summed E-state index contributed by atoms with van der Waals surface area (Å²) in [6.45, 7) is -0.0907. The van der Waals surface area contributed by atoms with Crippen molar-refractivity contribution >= 4 is 28.4 Å². The smallest absolute Gasteiger partial charge is 0.419 e. The number of halogens is 3. The molecule has 1 atom stereocenters. The number of ether oxygens (including phenoxy) is 2. The number of nitrogens with zero attached hydrogens (tertiary/aromatic N) is 4. The van der Waals surface area contributed by atoms with E-state index in [9.17, 15) is 23.1 Å². The number of rotatable bonds is 1. The summed E-state index contributed by atoms with van der Waals surface area (Å²) in [5.74, 6) is 0.0849. The Labute approximate surface area is 185 Å². The van der Waals surface area contributed by atoms with Crippen molar-refractivity contribution in [2.75, 3.05) is 30.0 Å². The third kappa shape index (κ3) is 4.09. The molecule has 4 heterocycles. The fourth-order valence-corrected chi connectivity index (χ4v) is 3.83. The Bertz CT molecular complexity index is 1240. The number of amides is 1. The fourth-order valence-electron chi connectivity index (χ4n) is 3.83. The molecule has 12 heteroatoms. The van der Waals surface area contributed by atoms with E-state index in [1.807, 2.05) is 0 Å². The number of pyridine rings is 1. The highest BCUT2D eigenvalue weighted by Gasteiger charge is 2.35. The van der Waals surface area contributed by atoms with Gasteiger partial charge in [-0.3, -0.25) is 9.69 Å². The fraction of sp³-hybridized carbons (Fsp3) is 0.333. The third-order valence-electron chi connectivity index (χ3n) is 5.34. The second-order valence-electron chi connectivity index (χ2n) is 7.62. The summed E-state index contributed by atoms with van der Waals surface area (Å²) in [7, 11) is 0. The zero-order valence-corrected chi connectivity index (χ0v) is 17.1. The molecular formula is C21H18F3N5O4. The highest BCUT2D eigenvalue weighted by molar-refractivity contribution is 5.98. The second kappa shape index (κ2) is 8.03. The van der Waals surface area contributed by atoms with E-state index in [1.54, 1.807) is 6.07 Å². The maximum absolute atomic E-state index is 13.5. The molecule has 172 valence electrons. The first-order valence-corrected chi connectivity index (χ1v) is 10.1. The maximum Gasteiger partial charge on any atom is 0.419 e. The minimum Gasteiger partial charge on any atom is -0.489 e. The molecule has 0 radical (unpaired) electrons. The molecule has 2 aliphatic rings. The van der Waals surface area contributed by atoms with Crippen LogP contribution in [0.2, 0.25) is 0 Å². The lowest BCUT2D eigenvalue weighted by Crippen LogP contribution is -2.26. The summed E-state index contributed by atoms with van der Waals surface area (Å²) >= 11 is 0. The first kappa shape index (κ1) is 21.2. The number of β-amino-alcohol motifs (C(OH)–C–C–N with tert-alkyl or cyclic N) is 1. The number of nitrogens with one attached hydrogen (secondary N) is 1. The lowest BCUT2D eigenvalue weighted by Gasteiger charge is -2.18. The Morgan fingerprint density at radius 1 is 1.18 bits per heavy atom. The van der Waals surface area contributed by atoms with Crippen molar-refractivity contribution in [1.82, 2.24) is 15.0 Å². The summed E-state index contributed by atoms with van der Waals surface area (Å²) in [6, 6.07) is 5.43. The highest BCUT2D eigenvalue weighted by Crippen LogP contribution is 2.39. The largest absolute Gasteiger partial charge is 0.489 e. The van der Waals surface area contributed by atoms with Gasteiger partial charge < -0.3 is 19.9 Å². The van der Waals surface area contributed by atoms with Crippen LogP contribution in [0.4, 0.5) is 24.8 Å². The average Bonchev–Trinajstić information content (AvgIpc) is 3.10. The highest BCUT2D eigenvalue weighted by atomic mass is 19.4. The molecule has 2 N–H and O–H groups in total. The molecule has 1 unspecified atom stereocenters. The van der Waals surface area contributed by atoms with E-state index in [4.69, 9.17) is 9.47 Å². The molecule has 1 aromatic carbocycles. The van der Waals surface area contributed by atoms with Crippen molar-refractivity contribution in [1.29, 1.82) is 0 Å². The Hall–Kier alpha value is -3.67. The zero-order chi connectivity index (χ0) is 23.2. The van der Waals surface area contributed by atoms with Crippen LogP contribution in [0, 0.1) is 0 Å². The summed E-state index contributed by atoms with van der Waals surface area (Å²) < 4.78 is 51.4. The van der Waals surface area contributed by atoms with Crippen molar-refractivity contribution in [3.05, 3.63) is 41.6 Å². The SMILES string of the molecule is O=C1CC(O)CN1c1cc2c3nc(nc2cn1)OCCOc1c(cccc1C(F)(F)F)CN3. The van der Waals surface area contributed by atoms with Crippen LogP contribution < -0.4 is 19.7 Å². The molecule has 9 nitrogen and oxygen atoms in total. The number of anilines is 2. The van der Waals surface area contributed by atoms with Crippen molar-refractivity contribution < 1.29 is 32.5 Å². The molecule has 0 aliphatic carbocycles. The number of benzene rings is 1. The van der Waals surface area contributed by atoms with Crippen LogP contribution in [-0.2, 0) is 17.5 Å². The van der Waals surface area contributed by atoms with Crippen LogP contribution in [0.5, 0.6) is 11.8 Å². The molecule has 2 aromatic heterocycles. The molecule has 2 bridgehead atoms. The number of aliphatic hydroxyl groups is 1. The normalized spacial score (nSPS) is 18.7. The average molecular weight is 461 g/mol. The van der Waals surface area contributed by atoms with Gasteiger partial charge in [0, 0.05) is 17.5 Å². The number of carbonyl (C=O) groups is 1. The van der Waals surface area contributed by atoms with E-state index < -0.39 is 17.8 Å². The summed E-state index contributed by atoms with van der Waals surface area (Å²) in [5, 5.41) is 13.3. The standard InChI is InChI=1S/C21H18F3N5O4/c22-21(23,24)14-3-1-2-11-8-26-19-13-7-16(29-10-12(30)6-17(29)31)25-9-15(13)27-20(28-19)33-5-4-32-18(11)14/h1-3,7,9,12,30H,4-6,8,10H2,(H,26,27,28). The third-order valence-corrected chi connectivity index (χ3v) is 5.34. The molecular weight excluding hydrogens is 443 g/mol. The monoisotopic (exact) mass is 461 g/mol. The molecule has 0 spiro atoms. The van der Waals surface area contributed by atoms with E-state index >= 15 is 0 Å². The second-order valence-corrected chi connectivity index (χ2v) is 7.62. The minimum absolute atomic E-state index is 0.00637. The Morgan fingerprint density at radius 3 is 2.76 bits per heavy atom. The van der Waals surface area contributed by atoms with Crippen molar-refractivity contribution in [3.8, 4) is 11.8 Å².